The van der Waals surface area contributed by atoms with Crippen LogP contribution in [0.3, 0.4) is 0 Å². The van der Waals surface area contributed by atoms with Crippen LogP contribution in [0.4, 0.5) is 5.69 Å². The molecule has 2 heterocycles. The number of hydrogen-bond acceptors (Lipinski definition) is 4. The molecule has 0 spiro atoms. The van der Waals surface area contributed by atoms with Crippen LogP contribution in [-0.4, -0.2) is 41.2 Å². The van der Waals surface area contributed by atoms with Crippen molar-refractivity contribution < 1.29 is 0 Å². The van der Waals surface area contributed by atoms with Crippen molar-refractivity contribution in [2.45, 2.75) is 20.3 Å². The molecule has 0 N–H and O–H groups in total. The molecule has 0 fully saturated rings. The molecular formula is C20H22N4. The Bertz CT molecular complexity index is 970. The summed E-state index contributed by atoms with van der Waals surface area (Å²) in [5, 5.41) is 2.00. The highest BCUT2D eigenvalue weighted by atomic mass is 15.0. The average molecular weight is 318 g/mol. The van der Waals surface area contributed by atoms with Gasteiger partial charge in [-0.15, -0.1) is 0 Å². The Hall–Kier alpha value is -2.33. The van der Waals surface area contributed by atoms with Crippen LogP contribution in [0.15, 0.2) is 29.3 Å². The van der Waals surface area contributed by atoms with Crippen LogP contribution in [0.1, 0.15) is 23.4 Å². The van der Waals surface area contributed by atoms with Crippen molar-refractivity contribution in [1.29, 1.82) is 0 Å². The lowest BCUT2D eigenvalue weighted by Gasteiger charge is -2.20. The van der Waals surface area contributed by atoms with Crippen LogP contribution < -0.4 is 10.7 Å². The van der Waals surface area contributed by atoms with Crippen molar-refractivity contribution in [3.05, 3.63) is 51.9 Å². The van der Waals surface area contributed by atoms with E-state index in [-0.39, 0.29) is 0 Å². The zero-order chi connectivity index (χ0) is 16.8. The predicted molar refractivity (Wildman–Crippen MR) is 97.9 cm³/mol. The summed E-state index contributed by atoms with van der Waals surface area (Å²) in [4.78, 5) is 16.8. The Labute approximate surface area is 142 Å². The third kappa shape index (κ3) is 2.38. The SMILES string of the molecule is Cc1nc2c(nc1C)=C1C(=Nc3ccccc31)C(CCN(C)C)C=2. The highest BCUT2D eigenvalue weighted by Gasteiger charge is 2.30. The molecule has 4 heteroatoms. The van der Waals surface area contributed by atoms with Gasteiger partial charge in [0, 0.05) is 17.1 Å². The van der Waals surface area contributed by atoms with E-state index in [2.05, 4.69) is 43.3 Å². The van der Waals surface area contributed by atoms with Gasteiger partial charge in [-0.25, -0.2) is 9.97 Å². The van der Waals surface area contributed by atoms with Crippen LogP contribution in [0.25, 0.3) is 11.6 Å². The van der Waals surface area contributed by atoms with Crippen molar-refractivity contribution >= 4 is 23.0 Å². The summed E-state index contributed by atoms with van der Waals surface area (Å²) >= 11 is 0. The number of hydrogen-bond donors (Lipinski definition) is 0. The van der Waals surface area contributed by atoms with Crippen LogP contribution in [0, 0.1) is 19.8 Å². The van der Waals surface area contributed by atoms with Gasteiger partial charge in [-0.2, -0.15) is 0 Å². The molecule has 0 saturated heterocycles. The van der Waals surface area contributed by atoms with E-state index in [1.165, 1.54) is 11.1 Å². The van der Waals surface area contributed by atoms with Gasteiger partial charge in [0.1, 0.15) is 0 Å². The highest BCUT2D eigenvalue weighted by Crippen LogP contribution is 2.37. The van der Waals surface area contributed by atoms with E-state index in [4.69, 9.17) is 15.0 Å². The zero-order valence-corrected chi connectivity index (χ0v) is 14.7. The quantitative estimate of drug-likeness (QED) is 0.866. The first kappa shape index (κ1) is 15.2. The molecule has 1 unspecified atom stereocenters. The Kier molecular flexibility index (Phi) is 3.57. The predicted octanol–water partition coefficient (Wildman–Crippen LogP) is 1.74. The summed E-state index contributed by atoms with van der Waals surface area (Å²) in [5.74, 6) is 0.290. The molecule has 1 atom stereocenters. The topological polar surface area (TPSA) is 41.4 Å². The molecule has 2 aromatic rings. The molecule has 2 aliphatic rings. The second kappa shape index (κ2) is 5.64. The molecular weight excluding hydrogens is 296 g/mol. The molecule has 1 aliphatic carbocycles. The third-order valence-corrected chi connectivity index (χ3v) is 4.84. The normalized spacial score (nSPS) is 18.0. The zero-order valence-electron chi connectivity index (χ0n) is 14.7. The van der Waals surface area contributed by atoms with E-state index >= 15 is 0 Å². The van der Waals surface area contributed by atoms with E-state index in [1.54, 1.807) is 0 Å². The largest absolute Gasteiger partial charge is 0.309 e. The van der Waals surface area contributed by atoms with Gasteiger partial charge in [-0.3, -0.25) is 4.99 Å². The maximum absolute atomic E-state index is 4.95. The van der Waals surface area contributed by atoms with Gasteiger partial charge in [-0.1, -0.05) is 18.2 Å². The van der Waals surface area contributed by atoms with E-state index in [1.807, 2.05) is 19.9 Å². The van der Waals surface area contributed by atoms with Gasteiger partial charge < -0.3 is 4.90 Å². The Morgan fingerprint density at radius 3 is 2.58 bits per heavy atom. The first-order chi connectivity index (χ1) is 11.5. The molecule has 1 aromatic carbocycles. The second-order valence-corrected chi connectivity index (χ2v) is 6.88. The van der Waals surface area contributed by atoms with Gasteiger partial charge in [0.25, 0.3) is 0 Å². The number of aryl methyl sites for hydroxylation is 2. The summed E-state index contributed by atoms with van der Waals surface area (Å²) in [7, 11) is 4.22. The maximum atomic E-state index is 4.95. The first-order valence-corrected chi connectivity index (χ1v) is 8.45. The molecule has 4 nitrogen and oxygen atoms in total. The van der Waals surface area contributed by atoms with E-state index in [0.717, 1.165) is 46.5 Å². The molecule has 0 bridgehead atoms. The standard InChI is InChI=1S/C20H22N4/c1-12-13(2)22-20-17(21-12)11-14(9-10-24(3)4)19-18(20)15-7-5-6-8-16(15)23-19/h5-8,11,14H,9-10H2,1-4H3. The second-order valence-electron chi connectivity index (χ2n) is 6.88. The van der Waals surface area contributed by atoms with E-state index in [0.29, 0.717) is 5.92 Å². The molecule has 4 rings (SSSR count). The number of benzene rings is 1. The van der Waals surface area contributed by atoms with E-state index in [9.17, 15) is 0 Å². The highest BCUT2D eigenvalue weighted by molar-refractivity contribution is 6.31. The van der Waals surface area contributed by atoms with Gasteiger partial charge in [-0.05, 0) is 53.1 Å². The van der Waals surface area contributed by atoms with Crippen molar-refractivity contribution in [1.82, 2.24) is 14.9 Å². The van der Waals surface area contributed by atoms with Gasteiger partial charge in [0.15, 0.2) is 0 Å². The summed E-state index contributed by atoms with van der Waals surface area (Å²) < 4.78 is 0. The number of nitrogens with zero attached hydrogens (tertiary/aromatic N) is 4. The van der Waals surface area contributed by atoms with Crippen molar-refractivity contribution in [2.75, 3.05) is 20.6 Å². The van der Waals surface area contributed by atoms with Crippen molar-refractivity contribution in [3.63, 3.8) is 0 Å². The number of rotatable bonds is 3. The molecule has 0 amide bonds. The summed E-state index contributed by atoms with van der Waals surface area (Å²) in [6.45, 7) is 5.08. The Morgan fingerprint density at radius 2 is 1.79 bits per heavy atom. The first-order valence-electron chi connectivity index (χ1n) is 8.45. The minimum Gasteiger partial charge on any atom is -0.309 e. The maximum Gasteiger partial charge on any atom is 0.0984 e. The number of aromatic nitrogens is 2. The fraction of sp³-hybridized carbons (Fsp3) is 0.350. The Morgan fingerprint density at radius 1 is 1.04 bits per heavy atom. The lowest BCUT2D eigenvalue weighted by atomic mass is 9.87. The summed E-state index contributed by atoms with van der Waals surface area (Å²) in [6.07, 6.45) is 3.30. The molecule has 1 aromatic heterocycles. The lowest BCUT2D eigenvalue weighted by molar-refractivity contribution is 0.394. The summed E-state index contributed by atoms with van der Waals surface area (Å²) in [6, 6.07) is 8.36. The third-order valence-electron chi connectivity index (χ3n) is 4.84. The molecule has 24 heavy (non-hydrogen) atoms. The average Bonchev–Trinajstić information content (AvgIpc) is 2.94. The smallest absolute Gasteiger partial charge is 0.0984 e. The van der Waals surface area contributed by atoms with Crippen LogP contribution >= 0.6 is 0 Å². The fourth-order valence-corrected chi connectivity index (χ4v) is 3.43. The minimum atomic E-state index is 0.290. The minimum absolute atomic E-state index is 0.290. The Balaban J connectivity index is 1.98. The van der Waals surface area contributed by atoms with Crippen molar-refractivity contribution in [2.24, 2.45) is 10.9 Å². The monoisotopic (exact) mass is 318 g/mol. The van der Waals surface area contributed by atoms with Gasteiger partial charge >= 0.3 is 0 Å². The van der Waals surface area contributed by atoms with E-state index < -0.39 is 0 Å². The van der Waals surface area contributed by atoms with Crippen LogP contribution in [0.2, 0.25) is 0 Å². The molecule has 122 valence electrons. The number of aliphatic imine (C=N–C) groups is 1. The van der Waals surface area contributed by atoms with Crippen LogP contribution in [0.5, 0.6) is 0 Å². The molecule has 1 aliphatic heterocycles. The van der Waals surface area contributed by atoms with Crippen LogP contribution in [-0.2, 0) is 0 Å². The molecule has 0 radical (unpaired) electrons. The van der Waals surface area contributed by atoms with Gasteiger partial charge in [0.05, 0.1) is 33.5 Å². The molecule has 0 saturated carbocycles. The van der Waals surface area contributed by atoms with Gasteiger partial charge in [0.2, 0.25) is 0 Å². The fourth-order valence-electron chi connectivity index (χ4n) is 3.43. The summed E-state index contributed by atoms with van der Waals surface area (Å²) in [5.41, 5.74) is 6.58. The number of para-hydroxylation sites is 1. The lowest BCUT2D eigenvalue weighted by Crippen LogP contribution is -2.42. The number of fused-ring (bicyclic) bond motifs is 4. The van der Waals surface area contributed by atoms with Crippen molar-refractivity contribution in [3.8, 4) is 0 Å².